The molecule has 0 saturated carbocycles. The van der Waals surface area contributed by atoms with Crippen molar-refractivity contribution in [3.8, 4) is 5.75 Å². The van der Waals surface area contributed by atoms with Gasteiger partial charge in [0.2, 0.25) is 0 Å². The molecule has 0 bridgehead atoms. The summed E-state index contributed by atoms with van der Waals surface area (Å²) in [4.78, 5) is 35.1. The molecule has 152 valence electrons. The highest BCUT2D eigenvalue weighted by atomic mass is 32.1. The van der Waals surface area contributed by atoms with Gasteiger partial charge >= 0.3 is 5.97 Å². The van der Waals surface area contributed by atoms with Gasteiger partial charge in [-0.1, -0.05) is 29.5 Å². The molecule has 2 aromatic heterocycles. The molecule has 0 unspecified atom stereocenters. The molecule has 0 fully saturated rings. The van der Waals surface area contributed by atoms with Gasteiger partial charge in [-0.05, 0) is 42.3 Å². The Morgan fingerprint density at radius 1 is 1.20 bits per heavy atom. The zero-order valence-electron chi connectivity index (χ0n) is 16.7. The van der Waals surface area contributed by atoms with Gasteiger partial charge < -0.3 is 9.47 Å². The standard InChI is InChI=1S/C22H19N3O4S/c1-13-18(21(27)29-3)19(15-6-8-16(28-2)9-7-15)25-20(26)17(30-22(25)24-13)11-14-5-4-10-23-12-14/h4-12,19H,1-3H3/b17-11+/t19-/m1/s1. The second-order valence-electron chi connectivity index (χ2n) is 6.63. The van der Waals surface area contributed by atoms with Gasteiger partial charge in [0, 0.05) is 12.4 Å². The summed E-state index contributed by atoms with van der Waals surface area (Å²) in [5, 5.41) is 0. The van der Waals surface area contributed by atoms with Crippen LogP contribution in [0.3, 0.4) is 0 Å². The van der Waals surface area contributed by atoms with Crippen LogP contribution in [0.1, 0.15) is 24.1 Å². The van der Waals surface area contributed by atoms with Crippen LogP contribution in [0.5, 0.6) is 5.75 Å². The smallest absolute Gasteiger partial charge is 0.338 e. The fraction of sp³-hybridized carbons (Fsp3) is 0.182. The second kappa shape index (κ2) is 8.08. The fourth-order valence-corrected chi connectivity index (χ4v) is 4.45. The first-order valence-electron chi connectivity index (χ1n) is 9.18. The number of fused-ring (bicyclic) bond motifs is 1. The molecule has 1 aliphatic heterocycles. The third-order valence-corrected chi connectivity index (χ3v) is 5.82. The van der Waals surface area contributed by atoms with Crippen LogP contribution in [-0.4, -0.2) is 29.7 Å². The normalized spacial score (nSPS) is 16.1. The highest BCUT2D eigenvalue weighted by Crippen LogP contribution is 2.31. The minimum absolute atomic E-state index is 0.225. The number of carbonyl (C=O) groups is 1. The molecule has 3 aromatic rings. The number of hydrogen-bond donors (Lipinski definition) is 0. The summed E-state index contributed by atoms with van der Waals surface area (Å²) in [6.45, 7) is 1.75. The number of carbonyl (C=O) groups excluding carboxylic acids is 1. The summed E-state index contributed by atoms with van der Waals surface area (Å²) in [6.07, 6.45) is 5.14. The zero-order valence-corrected chi connectivity index (χ0v) is 17.5. The molecular formula is C22H19N3O4S. The van der Waals surface area contributed by atoms with E-state index in [1.54, 1.807) is 49.2 Å². The predicted molar refractivity (Wildman–Crippen MR) is 113 cm³/mol. The van der Waals surface area contributed by atoms with E-state index < -0.39 is 12.0 Å². The van der Waals surface area contributed by atoms with Gasteiger partial charge in [0.25, 0.3) is 5.56 Å². The summed E-state index contributed by atoms with van der Waals surface area (Å²) < 4.78 is 12.3. The largest absolute Gasteiger partial charge is 0.497 e. The summed E-state index contributed by atoms with van der Waals surface area (Å²) >= 11 is 1.28. The molecule has 4 rings (SSSR count). The molecule has 1 aromatic carbocycles. The Kier molecular flexibility index (Phi) is 5.33. The molecule has 1 aliphatic rings. The maximum Gasteiger partial charge on any atom is 0.338 e. The van der Waals surface area contributed by atoms with Gasteiger partial charge in [-0.15, -0.1) is 0 Å². The Bertz CT molecular complexity index is 1310. The molecule has 0 radical (unpaired) electrons. The molecule has 30 heavy (non-hydrogen) atoms. The second-order valence-corrected chi connectivity index (χ2v) is 7.64. The summed E-state index contributed by atoms with van der Waals surface area (Å²) in [5.41, 5.74) is 2.21. The first-order chi connectivity index (χ1) is 14.5. The quantitative estimate of drug-likeness (QED) is 0.600. The third kappa shape index (κ3) is 3.46. The van der Waals surface area contributed by atoms with Crippen LogP contribution in [-0.2, 0) is 9.53 Å². The van der Waals surface area contributed by atoms with Crippen molar-refractivity contribution in [2.75, 3.05) is 14.2 Å². The molecule has 0 spiro atoms. The maximum absolute atomic E-state index is 13.4. The molecule has 3 heterocycles. The number of methoxy groups -OCH3 is 2. The van der Waals surface area contributed by atoms with E-state index in [-0.39, 0.29) is 5.56 Å². The summed E-state index contributed by atoms with van der Waals surface area (Å²) in [7, 11) is 2.90. The van der Waals surface area contributed by atoms with E-state index >= 15 is 0 Å². The Morgan fingerprint density at radius 3 is 2.60 bits per heavy atom. The van der Waals surface area contributed by atoms with E-state index in [2.05, 4.69) is 9.98 Å². The van der Waals surface area contributed by atoms with Crippen molar-refractivity contribution < 1.29 is 14.3 Å². The molecule has 1 atom stereocenters. The van der Waals surface area contributed by atoms with Gasteiger partial charge in [-0.3, -0.25) is 14.3 Å². The molecule has 0 amide bonds. The SMILES string of the molecule is COC(=O)C1=C(C)N=c2s/c(=C/c3cccnc3)c(=O)n2[C@@H]1c1ccc(OC)cc1. The Labute approximate surface area is 176 Å². The molecule has 0 N–H and O–H groups in total. The lowest BCUT2D eigenvalue weighted by Gasteiger charge is -2.24. The van der Waals surface area contributed by atoms with Crippen LogP contribution in [0.15, 0.2) is 69.8 Å². The first kappa shape index (κ1) is 19.8. The number of rotatable bonds is 4. The topological polar surface area (TPSA) is 82.8 Å². The lowest BCUT2D eigenvalue weighted by atomic mass is 9.96. The number of pyridine rings is 1. The average molecular weight is 421 g/mol. The van der Waals surface area contributed by atoms with Crippen molar-refractivity contribution in [1.82, 2.24) is 9.55 Å². The molecule has 0 saturated heterocycles. The molecule has 0 aliphatic carbocycles. The molecule has 7 nitrogen and oxygen atoms in total. The van der Waals surface area contributed by atoms with Crippen molar-refractivity contribution in [2.24, 2.45) is 4.99 Å². The lowest BCUT2D eigenvalue weighted by Crippen LogP contribution is -2.39. The lowest BCUT2D eigenvalue weighted by molar-refractivity contribution is -0.136. The van der Waals surface area contributed by atoms with E-state index in [4.69, 9.17) is 9.47 Å². The average Bonchev–Trinajstić information content (AvgIpc) is 3.07. The number of benzene rings is 1. The van der Waals surface area contributed by atoms with E-state index in [1.165, 1.54) is 18.4 Å². The van der Waals surface area contributed by atoms with E-state index in [1.807, 2.05) is 24.3 Å². The first-order valence-corrected chi connectivity index (χ1v) is 10.00. The van der Waals surface area contributed by atoms with Crippen LogP contribution < -0.4 is 19.6 Å². The van der Waals surface area contributed by atoms with Crippen LogP contribution >= 0.6 is 11.3 Å². The van der Waals surface area contributed by atoms with Crippen LogP contribution in [0.4, 0.5) is 0 Å². The van der Waals surface area contributed by atoms with Crippen LogP contribution in [0, 0.1) is 0 Å². The van der Waals surface area contributed by atoms with Gasteiger partial charge in [-0.25, -0.2) is 9.79 Å². The van der Waals surface area contributed by atoms with Gasteiger partial charge in [0.15, 0.2) is 4.80 Å². The third-order valence-electron chi connectivity index (χ3n) is 4.84. The van der Waals surface area contributed by atoms with Gasteiger partial charge in [-0.2, -0.15) is 0 Å². The van der Waals surface area contributed by atoms with Crippen molar-refractivity contribution in [3.63, 3.8) is 0 Å². The number of nitrogens with zero attached hydrogens (tertiary/aromatic N) is 3. The van der Waals surface area contributed by atoms with E-state index in [9.17, 15) is 9.59 Å². The Hall–Kier alpha value is -3.52. The molecular weight excluding hydrogens is 402 g/mol. The maximum atomic E-state index is 13.4. The van der Waals surface area contributed by atoms with Crippen molar-refractivity contribution in [3.05, 3.63) is 90.9 Å². The number of hydrogen-bond acceptors (Lipinski definition) is 7. The fourth-order valence-electron chi connectivity index (χ4n) is 3.41. The van der Waals surface area contributed by atoms with Crippen molar-refractivity contribution in [2.45, 2.75) is 13.0 Å². The number of aromatic nitrogens is 2. The monoisotopic (exact) mass is 421 g/mol. The van der Waals surface area contributed by atoms with Crippen LogP contribution in [0.25, 0.3) is 6.08 Å². The minimum Gasteiger partial charge on any atom is -0.497 e. The van der Waals surface area contributed by atoms with Gasteiger partial charge in [0.05, 0.1) is 36.1 Å². The zero-order chi connectivity index (χ0) is 21.3. The summed E-state index contributed by atoms with van der Waals surface area (Å²) in [5.74, 6) is 0.168. The number of allylic oxidation sites excluding steroid dienone is 1. The highest BCUT2D eigenvalue weighted by Gasteiger charge is 2.33. The molecule has 8 heteroatoms. The van der Waals surface area contributed by atoms with Crippen LogP contribution in [0.2, 0.25) is 0 Å². The van der Waals surface area contributed by atoms with Gasteiger partial charge in [0.1, 0.15) is 5.75 Å². The predicted octanol–water partition coefficient (Wildman–Crippen LogP) is 1.81. The van der Waals surface area contributed by atoms with E-state index in [0.717, 1.165) is 11.1 Å². The Morgan fingerprint density at radius 2 is 1.97 bits per heavy atom. The van der Waals surface area contributed by atoms with E-state index in [0.29, 0.717) is 26.4 Å². The highest BCUT2D eigenvalue weighted by molar-refractivity contribution is 7.07. The van der Waals surface area contributed by atoms with Crippen molar-refractivity contribution >= 4 is 23.4 Å². The number of thiazole rings is 1. The van der Waals surface area contributed by atoms with Crippen molar-refractivity contribution in [1.29, 1.82) is 0 Å². The summed E-state index contributed by atoms with van der Waals surface area (Å²) in [6, 6.07) is 10.3. The Balaban J connectivity index is 1.96. The number of ether oxygens (including phenoxy) is 2. The number of esters is 1. The minimum atomic E-state index is -0.643.